The highest BCUT2D eigenvalue weighted by molar-refractivity contribution is 6.36. The lowest BCUT2D eigenvalue weighted by molar-refractivity contribution is -0.136. The number of rotatable bonds is 7. The summed E-state index contributed by atoms with van der Waals surface area (Å²) in [6.07, 6.45) is 3.74. The van der Waals surface area contributed by atoms with Crippen LogP contribution in [0.25, 0.3) is 5.57 Å². The fraction of sp³-hybridized carbons (Fsp3) is 0.385. The predicted octanol–water partition coefficient (Wildman–Crippen LogP) is 4.81. The van der Waals surface area contributed by atoms with Crippen LogP contribution in [0.1, 0.15) is 51.2 Å². The van der Waals surface area contributed by atoms with Gasteiger partial charge in [-0.25, -0.2) is 0 Å². The van der Waals surface area contributed by atoms with E-state index < -0.39 is 0 Å². The van der Waals surface area contributed by atoms with Crippen molar-refractivity contribution in [3.8, 4) is 5.75 Å². The van der Waals surface area contributed by atoms with Gasteiger partial charge in [0.25, 0.3) is 11.8 Å². The lowest BCUT2D eigenvalue weighted by atomic mass is 9.98. The van der Waals surface area contributed by atoms with Gasteiger partial charge in [-0.15, -0.1) is 0 Å². The van der Waals surface area contributed by atoms with Crippen LogP contribution >= 0.6 is 0 Å². The van der Waals surface area contributed by atoms with Crippen molar-refractivity contribution in [2.45, 2.75) is 52.6 Å². The maximum Gasteiger partial charge on any atom is 0.278 e. The number of ether oxygens (including phenoxy) is 1. The second-order valence-corrected chi connectivity index (χ2v) is 8.41. The second kappa shape index (κ2) is 8.96. The van der Waals surface area contributed by atoms with Crippen LogP contribution in [0.2, 0.25) is 0 Å². The molecule has 0 spiro atoms. The van der Waals surface area contributed by atoms with Crippen LogP contribution in [0, 0.1) is 0 Å². The van der Waals surface area contributed by atoms with Crippen LogP contribution in [-0.2, 0) is 16.0 Å². The summed E-state index contributed by atoms with van der Waals surface area (Å²) in [5.41, 5.74) is 4.00. The van der Waals surface area contributed by atoms with Crippen molar-refractivity contribution >= 4 is 23.1 Å². The molecular formula is C26H30N2O3. The Morgan fingerprint density at radius 1 is 1.00 bits per heavy atom. The van der Waals surface area contributed by atoms with E-state index in [-0.39, 0.29) is 17.9 Å². The predicted molar refractivity (Wildman–Crippen MR) is 123 cm³/mol. The Hall–Kier alpha value is -3.08. The highest BCUT2D eigenvalue weighted by atomic mass is 16.5. The van der Waals surface area contributed by atoms with Crippen LogP contribution in [0.15, 0.2) is 54.2 Å². The molecule has 5 heteroatoms. The maximum atomic E-state index is 13.5. The number of imide groups is 1. The number of hydrogen-bond acceptors (Lipinski definition) is 4. The van der Waals surface area contributed by atoms with Gasteiger partial charge in [-0.1, -0.05) is 43.7 Å². The van der Waals surface area contributed by atoms with Gasteiger partial charge in [0.15, 0.2) is 0 Å². The van der Waals surface area contributed by atoms with E-state index in [1.54, 1.807) is 0 Å². The summed E-state index contributed by atoms with van der Waals surface area (Å²) in [7, 11) is 0. The molecule has 0 unspecified atom stereocenters. The van der Waals surface area contributed by atoms with E-state index in [4.69, 9.17) is 4.74 Å². The number of para-hydroxylation sites is 1. The fourth-order valence-corrected chi connectivity index (χ4v) is 4.33. The lowest BCUT2D eigenvalue weighted by Gasteiger charge is -2.32. The fourth-order valence-electron chi connectivity index (χ4n) is 4.33. The van der Waals surface area contributed by atoms with E-state index in [0.717, 1.165) is 49.2 Å². The number of nitrogens with zero attached hydrogens (tertiary/aromatic N) is 2. The molecule has 0 aromatic heterocycles. The molecule has 2 aliphatic heterocycles. The molecule has 0 bridgehead atoms. The van der Waals surface area contributed by atoms with Gasteiger partial charge >= 0.3 is 0 Å². The number of anilines is 1. The molecule has 0 saturated heterocycles. The average molecular weight is 419 g/mol. The quantitative estimate of drug-likeness (QED) is 0.606. The van der Waals surface area contributed by atoms with Crippen molar-refractivity contribution in [1.29, 1.82) is 0 Å². The monoisotopic (exact) mass is 418 g/mol. The number of benzene rings is 2. The summed E-state index contributed by atoms with van der Waals surface area (Å²) < 4.78 is 5.75. The molecule has 0 atom stereocenters. The summed E-state index contributed by atoms with van der Waals surface area (Å²) in [4.78, 5) is 30.4. The summed E-state index contributed by atoms with van der Waals surface area (Å²) in [5.74, 6) is 0.366. The number of amides is 2. The van der Waals surface area contributed by atoms with Crippen LogP contribution in [0.4, 0.5) is 5.69 Å². The number of carbonyl (C=O) groups excluding carboxylic acids is 2. The molecule has 2 aromatic carbocycles. The largest absolute Gasteiger partial charge is 0.491 e. The van der Waals surface area contributed by atoms with E-state index in [2.05, 4.69) is 17.9 Å². The average Bonchev–Trinajstić information content (AvgIpc) is 3.01. The highest BCUT2D eigenvalue weighted by Gasteiger charge is 2.42. The number of unbranched alkanes of at least 4 members (excludes halogenated alkanes) is 1. The molecule has 2 heterocycles. The first-order chi connectivity index (χ1) is 15.0. The van der Waals surface area contributed by atoms with Crippen LogP contribution < -0.4 is 9.64 Å². The first kappa shape index (κ1) is 21.2. The van der Waals surface area contributed by atoms with E-state index in [1.807, 2.05) is 56.3 Å². The Morgan fingerprint density at radius 3 is 2.45 bits per heavy atom. The molecule has 2 amide bonds. The highest BCUT2D eigenvalue weighted by Crippen LogP contribution is 2.38. The second-order valence-electron chi connectivity index (χ2n) is 8.41. The standard InChI is InChI=1S/C26H30N2O3/c1-4-5-16-28-25(29)23(20-12-14-21(15-13-20)31-18(2)3)24(26(28)30)27-17-8-10-19-9-6-7-11-22(19)27/h6-7,9,11-15,18H,4-5,8,10,16-17H2,1-3H3. The zero-order valence-corrected chi connectivity index (χ0v) is 18.6. The smallest absolute Gasteiger partial charge is 0.278 e. The van der Waals surface area contributed by atoms with Gasteiger partial charge in [-0.3, -0.25) is 14.5 Å². The zero-order valence-electron chi connectivity index (χ0n) is 18.6. The topological polar surface area (TPSA) is 49.9 Å². The molecule has 162 valence electrons. The third-order valence-corrected chi connectivity index (χ3v) is 5.77. The third-order valence-electron chi connectivity index (χ3n) is 5.77. The molecule has 0 aliphatic carbocycles. The van der Waals surface area contributed by atoms with Gasteiger partial charge in [0.05, 0.1) is 11.7 Å². The molecule has 2 aromatic rings. The molecule has 4 rings (SSSR count). The van der Waals surface area contributed by atoms with Crippen molar-refractivity contribution in [1.82, 2.24) is 4.90 Å². The van der Waals surface area contributed by atoms with Crippen LogP contribution in [-0.4, -0.2) is 35.9 Å². The van der Waals surface area contributed by atoms with Gasteiger partial charge in [-0.2, -0.15) is 0 Å². The molecule has 0 N–H and O–H groups in total. The minimum absolute atomic E-state index is 0.0738. The summed E-state index contributed by atoms with van der Waals surface area (Å²) in [6, 6.07) is 15.7. The van der Waals surface area contributed by atoms with Gasteiger partial charge in [-0.05, 0) is 62.4 Å². The number of fused-ring (bicyclic) bond motifs is 1. The minimum Gasteiger partial charge on any atom is -0.491 e. The Kier molecular flexibility index (Phi) is 6.12. The van der Waals surface area contributed by atoms with Gasteiger partial charge in [0.2, 0.25) is 0 Å². The van der Waals surface area contributed by atoms with Crippen LogP contribution in [0.5, 0.6) is 5.75 Å². The summed E-state index contributed by atoms with van der Waals surface area (Å²) >= 11 is 0. The van der Waals surface area contributed by atoms with Crippen LogP contribution in [0.3, 0.4) is 0 Å². The molecule has 31 heavy (non-hydrogen) atoms. The molecular weight excluding hydrogens is 388 g/mol. The van der Waals surface area contributed by atoms with Gasteiger partial charge in [0.1, 0.15) is 11.4 Å². The number of hydrogen-bond donors (Lipinski definition) is 0. The van der Waals surface area contributed by atoms with Crippen molar-refractivity contribution < 1.29 is 14.3 Å². The van der Waals surface area contributed by atoms with Gasteiger partial charge < -0.3 is 9.64 Å². The number of aryl methyl sites for hydroxylation is 1. The van der Waals surface area contributed by atoms with Crippen molar-refractivity contribution in [2.75, 3.05) is 18.0 Å². The van der Waals surface area contributed by atoms with Crippen molar-refractivity contribution in [3.63, 3.8) is 0 Å². The van der Waals surface area contributed by atoms with Gasteiger partial charge in [0, 0.05) is 18.8 Å². The molecule has 0 saturated carbocycles. The number of carbonyl (C=O) groups is 2. The minimum atomic E-state index is -0.200. The molecule has 5 nitrogen and oxygen atoms in total. The lowest BCUT2D eigenvalue weighted by Crippen LogP contribution is -2.37. The Bertz CT molecular complexity index is 1010. The molecule has 0 fully saturated rings. The normalized spacial score (nSPS) is 16.4. The Balaban J connectivity index is 1.80. The molecule has 2 aliphatic rings. The zero-order chi connectivity index (χ0) is 22.0. The van der Waals surface area contributed by atoms with E-state index in [0.29, 0.717) is 17.8 Å². The summed E-state index contributed by atoms with van der Waals surface area (Å²) in [6.45, 7) is 7.20. The van der Waals surface area contributed by atoms with Crippen molar-refractivity contribution in [3.05, 3.63) is 65.4 Å². The Morgan fingerprint density at radius 2 is 1.74 bits per heavy atom. The summed E-state index contributed by atoms with van der Waals surface area (Å²) in [5, 5.41) is 0. The van der Waals surface area contributed by atoms with E-state index >= 15 is 0 Å². The van der Waals surface area contributed by atoms with E-state index in [1.165, 1.54) is 10.5 Å². The first-order valence-electron chi connectivity index (χ1n) is 11.2. The maximum absolute atomic E-state index is 13.5. The van der Waals surface area contributed by atoms with E-state index in [9.17, 15) is 9.59 Å². The first-order valence-corrected chi connectivity index (χ1v) is 11.2. The third kappa shape index (κ3) is 4.09. The Labute approximate surface area is 184 Å². The SMILES string of the molecule is CCCCN1C(=O)C(c2ccc(OC(C)C)cc2)=C(N2CCCc3ccccc32)C1=O. The molecule has 0 radical (unpaired) electrons. The van der Waals surface area contributed by atoms with Crippen molar-refractivity contribution in [2.24, 2.45) is 0 Å².